The lowest BCUT2D eigenvalue weighted by atomic mass is 10.0. The lowest BCUT2D eigenvalue weighted by Crippen LogP contribution is -2.46. The second-order valence-electron chi connectivity index (χ2n) is 9.52. The van der Waals surface area contributed by atoms with Gasteiger partial charge < -0.3 is 14.2 Å². The molecule has 0 aromatic heterocycles. The standard InChI is InChI=1S/C31H32N2O7/c1-22(28(34)18-29(35)33-26(21-40-31(33)37)17-23-9-5-3-6-10-23)32(19-24-13-15-27(38-2)16-14-24)30(36)39-20-25-11-7-4-8-12-25/h3-16,22,26H,17-21H2,1-2H3/t22-,26+/m0/s1. The smallest absolute Gasteiger partial charge is 0.416 e. The van der Waals surface area contributed by atoms with Gasteiger partial charge in [0, 0.05) is 6.54 Å². The molecule has 0 spiro atoms. The van der Waals surface area contributed by atoms with Crippen LogP contribution in [0.2, 0.25) is 0 Å². The highest BCUT2D eigenvalue weighted by atomic mass is 16.6. The molecular formula is C31H32N2O7. The van der Waals surface area contributed by atoms with Gasteiger partial charge in [-0.2, -0.15) is 0 Å². The maximum Gasteiger partial charge on any atom is 0.416 e. The van der Waals surface area contributed by atoms with Gasteiger partial charge in [-0.3, -0.25) is 14.5 Å². The fraction of sp³-hybridized carbons (Fsp3) is 0.290. The van der Waals surface area contributed by atoms with Crippen molar-refractivity contribution in [1.82, 2.24) is 9.80 Å². The highest BCUT2D eigenvalue weighted by Crippen LogP contribution is 2.21. The number of cyclic esters (lactones) is 1. The number of carbonyl (C=O) groups is 4. The highest BCUT2D eigenvalue weighted by molar-refractivity contribution is 6.06. The topological polar surface area (TPSA) is 102 Å². The number of carbonyl (C=O) groups excluding carboxylic acids is 4. The summed E-state index contributed by atoms with van der Waals surface area (Å²) in [6.45, 7) is 1.70. The van der Waals surface area contributed by atoms with Crippen LogP contribution in [0.3, 0.4) is 0 Å². The molecule has 9 nitrogen and oxygen atoms in total. The Labute approximate surface area is 233 Å². The summed E-state index contributed by atoms with van der Waals surface area (Å²) in [6.07, 6.45) is -1.62. The van der Waals surface area contributed by atoms with Gasteiger partial charge in [-0.1, -0.05) is 72.8 Å². The maximum absolute atomic E-state index is 13.3. The van der Waals surface area contributed by atoms with Gasteiger partial charge in [0.15, 0.2) is 5.78 Å². The molecule has 1 aliphatic heterocycles. The molecule has 0 unspecified atom stereocenters. The maximum atomic E-state index is 13.3. The fourth-order valence-electron chi connectivity index (χ4n) is 4.45. The summed E-state index contributed by atoms with van der Waals surface area (Å²) in [7, 11) is 1.56. The molecule has 0 bridgehead atoms. The van der Waals surface area contributed by atoms with Crippen LogP contribution in [-0.2, 0) is 38.6 Å². The highest BCUT2D eigenvalue weighted by Gasteiger charge is 2.39. The molecule has 40 heavy (non-hydrogen) atoms. The Morgan fingerprint density at radius 1 is 0.925 bits per heavy atom. The Balaban J connectivity index is 1.46. The summed E-state index contributed by atoms with van der Waals surface area (Å²) in [5.74, 6) is -0.533. The van der Waals surface area contributed by atoms with E-state index in [-0.39, 0.29) is 19.8 Å². The summed E-state index contributed by atoms with van der Waals surface area (Å²) in [5, 5.41) is 0. The number of amides is 3. The quantitative estimate of drug-likeness (QED) is 0.320. The largest absolute Gasteiger partial charge is 0.497 e. The molecule has 1 fully saturated rings. The van der Waals surface area contributed by atoms with Gasteiger partial charge in [-0.05, 0) is 42.2 Å². The first-order chi connectivity index (χ1) is 19.4. The molecule has 4 rings (SSSR count). The minimum Gasteiger partial charge on any atom is -0.497 e. The number of rotatable bonds is 11. The number of hydrogen-bond acceptors (Lipinski definition) is 7. The van der Waals surface area contributed by atoms with Crippen LogP contribution in [0.1, 0.15) is 30.0 Å². The van der Waals surface area contributed by atoms with Crippen LogP contribution < -0.4 is 4.74 Å². The van der Waals surface area contributed by atoms with Crippen molar-refractivity contribution in [1.29, 1.82) is 0 Å². The first kappa shape index (κ1) is 28.4. The lowest BCUT2D eigenvalue weighted by molar-refractivity contribution is -0.135. The average molecular weight is 545 g/mol. The van der Waals surface area contributed by atoms with E-state index in [0.717, 1.165) is 21.6 Å². The molecule has 3 aromatic rings. The number of hydrogen-bond donors (Lipinski definition) is 0. The zero-order valence-corrected chi connectivity index (χ0v) is 22.5. The third kappa shape index (κ3) is 7.25. The van der Waals surface area contributed by atoms with E-state index in [0.29, 0.717) is 12.2 Å². The molecule has 0 saturated carbocycles. The zero-order chi connectivity index (χ0) is 28.5. The lowest BCUT2D eigenvalue weighted by Gasteiger charge is -2.28. The van der Waals surface area contributed by atoms with Crippen LogP contribution in [0.4, 0.5) is 9.59 Å². The Kier molecular flexibility index (Phi) is 9.51. The van der Waals surface area contributed by atoms with Crippen molar-refractivity contribution in [2.24, 2.45) is 0 Å². The van der Waals surface area contributed by atoms with Gasteiger partial charge in [0.05, 0.1) is 25.6 Å². The molecule has 1 heterocycles. The van der Waals surface area contributed by atoms with Crippen molar-refractivity contribution in [3.63, 3.8) is 0 Å². The summed E-state index contributed by atoms with van der Waals surface area (Å²) in [4.78, 5) is 54.4. The van der Waals surface area contributed by atoms with Gasteiger partial charge in [0.1, 0.15) is 19.0 Å². The third-order valence-corrected chi connectivity index (χ3v) is 6.75. The molecule has 208 valence electrons. The normalized spacial score (nSPS) is 15.2. The van der Waals surface area contributed by atoms with E-state index in [1.54, 1.807) is 38.3 Å². The Bertz CT molecular complexity index is 1310. The molecule has 1 aliphatic rings. The number of ether oxygens (including phenoxy) is 3. The average Bonchev–Trinajstić information content (AvgIpc) is 3.35. The Morgan fingerprint density at radius 3 is 2.17 bits per heavy atom. The Morgan fingerprint density at radius 2 is 1.55 bits per heavy atom. The predicted molar refractivity (Wildman–Crippen MR) is 146 cm³/mol. The van der Waals surface area contributed by atoms with Crippen molar-refractivity contribution in [2.45, 2.75) is 45.0 Å². The predicted octanol–water partition coefficient (Wildman–Crippen LogP) is 4.77. The minimum atomic E-state index is -1.000. The molecule has 3 amide bonds. The number of methoxy groups -OCH3 is 1. The van der Waals surface area contributed by atoms with E-state index < -0.39 is 42.4 Å². The van der Waals surface area contributed by atoms with Crippen LogP contribution >= 0.6 is 0 Å². The molecule has 0 aliphatic carbocycles. The molecule has 3 aromatic carbocycles. The third-order valence-electron chi connectivity index (χ3n) is 6.75. The van der Waals surface area contributed by atoms with Crippen LogP contribution in [0.5, 0.6) is 5.75 Å². The van der Waals surface area contributed by atoms with Crippen molar-refractivity contribution < 1.29 is 33.4 Å². The first-order valence-corrected chi connectivity index (χ1v) is 13.0. The zero-order valence-electron chi connectivity index (χ0n) is 22.5. The Hall–Kier alpha value is -4.66. The summed E-state index contributed by atoms with van der Waals surface area (Å²) in [6, 6.07) is 24.2. The van der Waals surface area contributed by atoms with Crippen molar-refractivity contribution in [2.75, 3.05) is 13.7 Å². The van der Waals surface area contributed by atoms with E-state index in [1.807, 2.05) is 60.7 Å². The first-order valence-electron chi connectivity index (χ1n) is 13.0. The summed E-state index contributed by atoms with van der Waals surface area (Å²) in [5.41, 5.74) is 2.48. The van der Waals surface area contributed by atoms with Crippen LogP contribution in [0.25, 0.3) is 0 Å². The molecule has 1 saturated heterocycles. The van der Waals surface area contributed by atoms with E-state index >= 15 is 0 Å². The summed E-state index contributed by atoms with van der Waals surface area (Å²) < 4.78 is 15.9. The van der Waals surface area contributed by atoms with Gasteiger partial charge in [-0.15, -0.1) is 0 Å². The minimum absolute atomic E-state index is 0.0272. The van der Waals surface area contributed by atoms with E-state index in [2.05, 4.69) is 0 Å². The molecular weight excluding hydrogens is 512 g/mol. The molecule has 2 atom stereocenters. The second-order valence-corrected chi connectivity index (χ2v) is 9.52. The van der Waals surface area contributed by atoms with Crippen molar-refractivity contribution in [3.05, 3.63) is 102 Å². The SMILES string of the molecule is COc1ccc(CN(C(=O)OCc2ccccc2)[C@@H](C)C(=O)CC(=O)N2C(=O)OC[C@H]2Cc2ccccc2)cc1. The number of ketones is 1. The van der Waals surface area contributed by atoms with Gasteiger partial charge in [0.25, 0.3) is 0 Å². The second kappa shape index (κ2) is 13.4. The molecule has 0 N–H and O–H groups in total. The van der Waals surface area contributed by atoms with Gasteiger partial charge in [0.2, 0.25) is 5.91 Å². The van der Waals surface area contributed by atoms with Crippen molar-refractivity contribution in [3.8, 4) is 5.75 Å². The van der Waals surface area contributed by atoms with Gasteiger partial charge >= 0.3 is 12.2 Å². The number of nitrogens with zero attached hydrogens (tertiary/aromatic N) is 2. The van der Waals surface area contributed by atoms with E-state index in [9.17, 15) is 19.2 Å². The van der Waals surface area contributed by atoms with Crippen LogP contribution in [-0.4, -0.2) is 59.5 Å². The molecule has 9 heteroatoms. The number of Topliss-reactive ketones (excluding diaryl/α,β-unsaturated/α-hetero) is 1. The van der Waals surface area contributed by atoms with Crippen molar-refractivity contribution >= 4 is 23.9 Å². The summed E-state index contributed by atoms with van der Waals surface area (Å²) >= 11 is 0. The van der Waals surface area contributed by atoms with Gasteiger partial charge in [-0.25, -0.2) is 14.5 Å². The van der Waals surface area contributed by atoms with Crippen LogP contribution in [0, 0.1) is 0 Å². The number of imide groups is 1. The monoisotopic (exact) mass is 544 g/mol. The number of benzene rings is 3. The molecule has 0 radical (unpaired) electrons. The fourth-order valence-corrected chi connectivity index (χ4v) is 4.45. The van der Waals surface area contributed by atoms with E-state index in [1.165, 1.54) is 4.90 Å². The van der Waals surface area contributed by atoms with Crippen LogP contribution in [0.15, 0.2) is 84.9 Å². The van der Waals surface area contributed by atoms with E-state index in [4.69, 9.17) is 14.2 Å².